The third kappa shape index (κ3) is 3.30. The van der Waals surface area contributed by atoms with Crippen molar-refractivity contribution in [2.45, 2.75) is 31.7 Å². The van der Waals surface area contributed by atoms with Gasteiger partial charge in [0.2, 0.25) is 0 Å². The lowest BCUT2D eigenvalue weighted by Gasteiger charge is -2.31. The van der Waals surface area contributed by atoms with Crippen molar-refractivity contribution < 1.29 is 19.5 Å². The van der Waals surface area contributed by atoms with E-state index in [2.05, 4.69) is 5.32 Å². The molecule has 2 fully saturated rings. The number of rotatable bonds is 2. The number of phenols is 1. The Balaban J connectivity index is 1.97. The highest BCUT2D eigenvalue weighted by atomic mass is 127. The fraction of sp³-hybridized carbons (Fsp3) is 0.312. The lowest BCUT2D eigenvalue weighted by molar-refractivity contribution is -0.131. The molecule has 1 aliphatic carbocycles. The number of carbonyl (C=O) groups is 3. The van der Waals surface area contributed by atoms with Gasteiger partial charge in [0.15, 0.2) is 0 Å². The van der Waals surface area contributed by atoms with Crippen molar-refractivity contribution in [3.63, 3.8) is 0 Å². The lowest BCUT2D eigenvalue weighted by atomic mass is 10.1. The molecule has 0 atom stereocenters. The van der Waals surface area contributed by atoms with E-state index < -0.39 is 17.8 Å². The predicted molar refractivity (Wildman–Crippen MR) is 104 cm³/mol. The third-order valence-corrected chi connectivity index (χ3v) is 5.82. The van der Waals surface area contributed by atoms with E-state index in [4.69, 9.17) is 0 Å². The number of aromatic hydroxyl groups is 1. The summed E-state index contributed by atoms with van der Waals surface area (Å²) in [5.41, 5.74) is 0.569. The molecule has 0 radical (unpaired) electrons. The molecule has 1 aromatic rings. The molecule has 6 nitrogen and oxygen atoms in total. The molecule has 0 spiro atoms. The predicted octanol–water partition coefficient (Wildman–Crippen LogP) is 3.01. The molecule has 0 aromatic heterocycles. The van der Waals surface area contributed by atoms with Gasteiger partial charge in [-0.15, -0.1) is 0 Å². The Kier molecular flexibility index (Phi) is 5.13. The van der Waals surface area contributed by atoms with Crippen LogP contribution < -0.4 is 5.32 Å². The van der Waals surface area contributed by atoms with Crippen LogP contribution in [0.1, 0.15) is 31.2 Å². The van der Waals surface area contributed by atoms with Crippen LogP contribution in [0, 0.1) is 7.14 Å². The van der Waals surface area contributed by atoms with Gasteiger partial charge in [-0.2, -0.15) is 0 Å². The van der Waals surface area contributed by atoms with Crippen molar-refractivity contribution in [1.82, 2.24) is 10.2 Å². The number of benzene rings is 1. The number of nitrogens with one attached hydrogen (secondary N) is 1. The van der Waals surface area contributed by atoms with Crippen molar-refractivity contribution in [2.75, 3.05) is 0 Å². The van der Waals surface area contributed by atoms with Gasteiger partial charge < -0.3 is 5.11 Å². The first-order valence-corrected chi connectivity index (χ1v) is 9.63. The Morgan fingerprint density at radius 2 is 1.71 bits per heavy atom. The fourth-order valence-corrected chi connectivity index (χ4v) is 4.82. The highest BCUT2D eigenvalue weighted by Crippen LogP contribution is 2.30. The van der Waals surface area contributed by atoms with Gasteiger partial charge in [0.05, 0.1) is 7.14 Å². The molecule has 1 aromatic carbocycles. The Labute approximate surface area is 165 Å². The van der Waals surface area contributed by atoms with E-state index in [1.54, 1.807) is 12.1 Å². The van der Waals surface area contributed by atoms with Crippen LogP contribution in [0.5, 0.6) is 5.75 Å². The van der Waals surface area contributed by atoms with Crippen molar-refractivity contribution in [1.29, 1.82) is 0 Å². The first kappa shape index (κ1) is 17.6. The maximum atomic E-state index is 12.7. The minimum absolute atomic E-state index is 0.0567. The van der Waals surface area contributed by atoms with Crippen molar-refractivity contribution in [3.05, 3.63) is 30.4 Å². The molecule has 2 N–H and O–H groups in total. The van der Waals surface area contributed by atoms with Crippen LogP contribution in [0.4, 0.5) is 4.79 Å². The Morgan fingerprint density at radius 1 is 1.12 bits per heavy atom. The molecule has 1 heterocycles. The molecule has 1 saturated carbocycles. The fourth-order valence-electron chi connectivity index (χ4n) is 3.00. The van der Waals surface area contributed by atoms with Crippen LogP contribution in [0.15, 0.2) is 17.7 Å². The van der Waals surface area contributed by atoms with Gasteiger partial charge in [-0.1, -0.05) is 12.8 Å². The largest absolute Gasteiger partial charge is 0.506 e. The quantitative estimate of drug-likeness (QED) is 0.336. The molecule has 24 heavy (non-hydrogen) atoms. The summed E-state index contributed by atoms with van der Waals surface area (Å²) in [6.07, 6.45) is 4.97. The standard InChI is InChI=1S/C16H14I2N2O4/c17-11-6-8(7-12(18)13(11)21)5-10-14(22)19-16(24)20(15(10)23)9-3-1-2-4-9/h5-7,9,21H,1-4H2,(H,19,22,24)/b10-5+. The van der Waals surface area contributed by atoms with E-state index in [1.165, 1.54) is 11.0 Å². The van der Waals surface area contributed by atoms with Gasteiger partial charge in [0, 0.05) is 6.04 Å². The van der Waals surface area contributed by atoms with Crippen molar-refractivity contribution in [3.8, 4) is 5.75 Å². The van der Waals surface area contributed by atoms with E-state index in [-0.39, 0.29) is 17.4 Å². The van der Waals surface area contributed by atoms with Crippen molar-refractivity contribution >= 4 is 69.1 Å². The zero-order chi connectivity index (χ0) is 17.4. The third-order valence-electron chi connectivity index (χ3n) is 4.17. The second-order valence-corrected chi connectivity index (χ2v) is 8.09. The van der Waals surface area contributed by atoms with E-state index in [1.807, 2.05) is 45.2 Å². The number of hydrogen-bond acceptors (Lipinski definition) is 4. The van der Waals surface area contributed by atoms with Gasteiger partial charge in [-0.3, -0.25) is 19.8 Å². The molecule has 1 saturated heterocycles. The van der Waals surface area contributed by atoms with Gasteiger partial charge in [0.25, 0.3) is 11.8 Å². The highest BCUT2D eigenvalue weighted by molar-refractivity contribution is 14.1. The number of urea groups is 1. The lowest BCUT2D eigenvalue weighted by Crippen LogP contribution is -2.57. The summed E-state index contributed by atoms with van der Waals surface area (Å²) in [6.45, 7) is 0. The second-order valence-electron chi connectivity index (χ2n) is 5.76. The first-order valence-electron chi connectivity index (χ1n) is 7.47. The second kappa shape index (κ2) is 6.98. The number of carbonyl (C=O) groups excluding carboxylic acids is 3. The van der Waals surface area contributed by atoms with E-state index in [0.29, 0.717) is 12.7 Å². The van der Waals surface area contributed by atoms with Gasteiger partial charge in [-0.25, -0.2) is 4.79 Å². The SMILES string of the molecule is O=C1NC(=O)N(C2CCCC2)C(=O)/C1=C/c1cc(I)c(O)c(I)c1. The van der Waals surface area contributed by atoms with Crippen LogP contribution in [-0.4, -0.2) is 33.9 Å². The minimum Gasteiger partial charge on any atom is -0.506 e. The summed E-state index contributed by atoms with van der Waals surface area (Å²) in [6, 6.07) is 2.59. The van der Waals surface area contributed by atoms with Crippen LogP contribution in [0.3, 0.4) is 0 Å². The van der Waals surface area contributed by atoms with Crippen molar-refractivity contribution in [2.24, 2.45) is 0 Å². The number of hydrogen-bond donors (Lipinski definition) is 2. The monoisotopic (exact) mass is 552 g/mol. The summed E-state index contributed by atoms with van der Waals surface area (Å²) in [5, 5.41) is 12.1. The number of barbiturate groups is 1. The molecule has 1 aliphatic heterocycles. The number of halogens is 2. The molecule has 0 bridgehead atoms. The Morgan fingerprint density at radius 3 is 2.29 bits per heavy atom. The first-order chi connectivity index (χ1) is 11.4. The molecule has 0 unspecified atom stereocenters. The summed E-state index contributed by atoms with van der Waals surface area (Å²) >= 11 is 3.97. The highest BCUT2D eigenvalue weighted by Gasteiger charge is 2.40. The molecule has 2 aliphatic rings. The smallest absolute Gasteiger partial charge is 0.331 e. The average molecular weight is 552 g/mol. The maximum Gasteiger partial charge on any atom is 0.331 e. The number of amides is 4. The summed E-state index contributed by atoms with van der Waals surface area (Å²) in [5.74, 6) is -1.06. The molecule has 4 amide bonds. The van der Waals surface area contributed by atoms with E-state index in [0.717, 1.165) is 25.7 Å². The zero-order valence-corrected chi connectivity index (χ0v) is 16.8. The van der Waals surface area contributed by atoms with Gasteiger partial charge in [-0.05, 0) is 81.8 Å². The van der Waals surface area contributed by atoms with E-state index >= 15 is 0 Å². The average Bonchev–Trinajstić information content (AvgIpc) is 3.02. The summed E-state index contributed by atoms with van der Waals surface area (Å²) in [4.78, 5) is 38.1. The molecule has 3 rings (SSSR count). The normalized spacial score (nSPS) is 20.8. The molecular formula is C16H14I2N2O4. The zero-order valence-electron chi connectivity index (χ0n) is 12.5. The minimum atomic E-state index is -0.683. The summed E-state index contributed by atoms with van der Waals surface area (Å²) in [7, 11) is 0. The van der Waals surface area contributed by atoms with Crippen LogP contribution >= 0.6 is 45.2 Å². The number of imide groups is 2. The molecule has 8 heteroatoms. The van der Waals surface area contributed by atoms with Crippen LogP contribution in [-0.2, 0) is 9.59 Å². The van der Waals surface area contributed by atoms with Crippen LogP contribution in [0.2, 0.25) is 0 Å². The summed E-state index contributed by atoms with van der Waals surface area (Å²) < 4.78 is 1.25. The Bertz CT molecular complexity index is 746. The molecule has 126 valence electrons. The number of phenolic OH excluding ortho intramolecular Hbond substituents is 1. The number of nitrogens with zero attached hydrogens (tertiary/aromatic N) is 1. The molecular weight excluding hydrogens is 538 g/mol. The van der Waals surface area contributed by atoms with Gasteiger partial charge >= 0.3 is 6.03 Å². The van der Waals surface area contributed by atoms with Crippen LogP contribution in [0.25, 0.3) is 6.08 Å². The van der Waals surface area contributed by atoms with E-state index in [9.17, 15) is 19.5 Å². The Hall–Kier alpha value is -1.17. The topological polar surface area (TPSA) is 86.7 Å². The van der Waals surface area contributed by atoms with Gasteiger partial charge in [0.1, 0.15) is 11.3 Å². The maximum absolute atomic E-state index is 12.7.